The van der Waals surface area contributed by atoms with E-state index in [2.05, 4.69) is 39.1 Å². The molecule has 5 nitrogen and oxygen atoms in total. The van der Waals surface area contributed by atoms with Gasteiger partial charge in [-0.15, -0.1) is 24.0 Å². The van der Waals surface area contributed by atoms with E-state index in [9.17, 15) is 0 Å². The van der Waals surface area contributed by atoms with Gasteiger partial charge in [-0.05, 0) is 31.8 Å². The number of guanidine groups is 1. The highest BCUT2D eigenvalue weighted by Gasteiger charge is 2.22. The first kappa shape index (κ1) is 22.8. The highest BCUT2D eigenvalue weighted by Crippen LogP contribution is 2.23. The van der Waals surface area contributed by atoms with Crippen molar-refractivity contribution in [1.29, 1.82) is 0 Å². The average Bonchev–Trinajstić information content (AvgIpc) is 2.54. The number of aliphatic imine (C=N–C) groups is 1. The monoisotopic (exact) mass is 499 g/mol. The summed E-state index contributed by atoms with van der Waals surface area (Å²) in [5, 5.41) is 4.64. The summed E-state index contributed by atoms with van der Waals surface area (Å²) < 4.78 is 0. The fourth-order valence-corrected chi connectivity index (χ4v) is 3.22. The summed E-state index contributed by atoms with van der Waals surface area (Å²) in [6, 6.07) is 6.20. The molecule has 8 heteroatoms. The number of benzene rings is 1. The van der Waals surface area contributed by atoms with Crippen molar-refractivity contribution in [3.8, 4) is 0 Å². The number of rotatable bonds is 4. The predicted octanol–water partition coefficient (Wildman–Crippen LogP) is 2.86. The minimum absolute atomic E-state index is 0. The summed E-state index contributed by atoms with van der Waals surface area (Å²) in [4.78, 5) is 11.3. The second kappa shape index (κ2) is 10.8. The lowest BCUT2D eigenvalue weighted by Gasteiger charge is -2.38. The van der Waals surface area contributed by atoms with Gasteiger partial charge >= 0.3 is 0 Å². The summed E-state index contributed by atoms with van der Waals surface area (Å²) >= 11 is 12.1. The van der Waals surface area contributed by atoms with Crippen molar-refractivity contribution in [3.05, 3.63) is 33.8 Å². The Morgan fingerprint density at radius 3 is 2.64 bits per heavy atom. The lowest BCUT2D eigenvalue weighted by atomic mass is 10.2. The molecule has 0 radical (unpaired) electrons. The van der Waals surface area contributed by atoms with Crippen molar-refractivity contribution in [3.63, 3.8) is 0 Å². The molecule has 142 valence electrons. The van der Waals surface area contributed by atoms with E-state index in [4.69, 9.17) is 23.2 Å². The first-order valence-corrected chi connectivity index (χ1v) is 8.90. The maximum atomic E-state index is 6.10. The fraction of sp³-hybridized carbons (Fsp3) is 0.588. The van der Waals surface area contributed by atoms with Crippen LogP contribution in [-0.4, -0.2) is 81.1 Å². The fourth-order valence-electron chi connectivity index (χ4n) is 2.90. The Balaban J connectivity index is 0.00000312. The van der Waals surface area contributed by atoms with E-state index in [1.165, 1.54) is 0 Å². The number of nitrogens with zero attached hydrogens (tertiary/aromatic N) is 4. The van der Waals surface area contributed by atoms with E-state index >= 15 is 0 Å². The van der Waals surface area contributed by atoms with Crippen LogP contribution in [0.4, 0.5) is 0 Å². The normalized spacial score (nSPS) is 19.4. The Hall–Kier alpha value is -0.280. The molecule has 0 saturated carbocycles. The zero-order chi connectivity index (χ0) is 17.7. The van der Waals surface area contributed by atoms with Crippen LogP contribution in [0.25, 0.3) is 0 Å². The lowest BCUT2D eigenvalue weighted by Crippen LogP contribution is -2.55. The summed E-state index contributed by atoms with van der Waals surface area (Å²) in [6.07, 6.45) is 0. The Bertz CT molecular complexity index is 584. The summed E-state index contributed by atoms with van der Waals surface area (Å²) in [7, 11) is 8.19. The van der Waals surface area contributed by atoms with E-state index in [1.807, 2.05) is 32.3 Å². The van der Waals surface area contributed by atoms with Gasteiger partial charge in [-0.2, -0.15) is 0 Å². The number of hydrogen-bond donors (Lipinski definition) is 1. The third-order valence-corrected chi connectivity index (χ3v) is 5.19. The van der Waals surface area contributed by atoms with Gasteiger partial charge in [0, 0.05) is 52.9 Å². The lowest BCUT2D eigenvalue weighted by molar-refractivity contribution is 0.116. The van der Waals surface area contributed by atoms with Crippen molar-refractivity contribution in [1.82, 2.24) is 20.0 Å². The van der Waals surface area contributed by atoms with E-state index in [1.54, 1.807) is 0 Å². The Kier molecular flexibility index (Phi) is 9.80. The molecule has 0 aliphatic carbocycles. The minimum Gasteiger partial charge on any atom is -0.355 e. The molecule has 2 rings (SSSR count). The molecule has 1 atom stereocenters. The Morgan fingerprint density at radius 2 is 2.00 bits per heavy atom. The first-order chi connectivity index (χ1) is 11.4. The Morgan fingerprint density at radius 1 is 1.28 bits per heavy atom. The van der Waals surface area contributed by atoms with Crippen LogP contribution in [0.2, 0.25) is 10.0 Å². The van der Waals surface area contributed by atoms with Crippen LogP contribution in [0, 0.1) is 0 Å². The van der Waals surface area contributed by atoms with Gasteiger partial charge in [-0.25, -0.2) is 0 Å². The zero-order valence-electron chi connectivity index (χ0n) is 15.3. The molecular weight excluding hydrogens is 472 g/mol. The van der Waals surface area contributed by atoms with Crippen LogP contribution in [0.5, 0.6) is 0 Å². The van der Waals surface area contributed by atoms with Crippen LogP contribution < -0.4 is 5.32 Å². The molecule has 0 bridgehead atoms. The molecule has 1 aliphatic rings. The molecule has 25 heavy (non-hydrogen) atoms. The molecule has 0 spiro atoms. The van der Waals surface area contributed by atoms with Gasteiger partial charge < -0.3 is 15.1 Å². The number of piperazine rings is 1. The van der Waals surface area contributed by atoms with Gasteiger partial charge in [0.15, 0.2) is 5.96 Å². The summed E-state index contributed by atoms with van der Waals surface area (Å²) in [5.74, 6) is 0.877. The second-order valence-electron chi connectivity index (χ2n) is 6.43. The van der Waals surface area contributed by atoms with Crippen LogP contribution in [-0.2, 0) is 6.54 Å². The number of hydrogen-bond acceptors (Lipinski definition) is 3. The van der Waals surface area contributed by atoms with Crippen LogP contribution in [0.15, 0.2) is 23.2 Å². The maximum absolute atomic E-state index is 6.10. The van der Waals surface area contributed by atoms with Crippen molar-refractivity contribution in [2.24, 2.45) is 4.99 Å². The molecule has 1 fully saturated rings. The Labute approximate surface area is 178 Å². The maximum Gasteiger partial charge on any atom is 0.193 e. The van der Waals surface area contributed by atoms with Crippen molar-refractivity contribution in [2.45, 2.75) is 12.6 Å². The molecule has 0 aromatic heterocycles. The molecule has 1 aromatic rings. The second-order valence-corrected chi connectivity index (χ2v) is 7.24. The highest BCUT2D eigenvalue weighted by molar-refractivity contribution is 14.0. The standard InChI is InChI=1S/C17H27Cl2N5.HI/c1-20-17(21-10-14-12-22(2)7-8-23(14)3)24(4)11-13-5-6-15(18)16(19)9-13;/h5-6,9,14H,7-8,10-12H2,1-4H3,(H,20,21);1H. The van der Waals surface area contributed by atoms with E-state index in [0.29, 0.717) is 16.1 Å². The van der Waals surface area contributed by atoms with Crippen molar-refractivity contribution < 1.29 is 0 Å². The quantitative estimate of drug-likeness (QED) is 0.392. The van der Waals surface area contributed by atoms with Gasteiger partial charge in [0.2, 0.25) is 0 Å². The van der Waals surface area contributed by atoms with Gasteiger partial charge in [-0.3, -0.25) is 9.89 Å². The van der Waals surface area contributed by atoms with Crippen LogP contribution in [0.1, 0.15) is 5.56 Å². The van der Waals surface area contributed by atoms with Crippen molar-refractivity contribution >= 4 is 53.1 Å². The van der Waals surface area contributed by atoms with E-state index in [0.717, 1.165) is 44.2 Å². The third kappa shape index (κ3) is 6.75. The molecule has 1 N–H and O–H groups in total. The van der Waals surface area contributed by atoms with E-state index < -0.39 is 0 Å². The van der Waals surface area contributed by atoms with Gasteiger partial charge in [0.05, 0.1) is 10.0 Å². The number of halogens is 3. The van der Waals surface area contributed by atoms with Gasteiger partial charge in [0.1, 0.15) is 0 Å². The molecule has 1 unspecified atom stereocenters. The molecular formula is C17H28Cl2IN5. The molecule has 1 aliphatic heterocycles. The molecule has 0 amide bonds. The third-order valence-electron chi connectivity index (χ3n) is 4.45. The first-order valence-electron chi connectivity index (χ1n) is 8.15. The van der Waals surface area contributed by atoms with Gasteiger partial charge in [-0.1, -0.05) is 29.3 Å². The zero-order valence-corrected chi connectivity index (χ0v) is 19.1. The predicted molar refractivity (Wildman–Crippen MR) is 119 cm³/mol. The molecule has 1 saturated heterocycles. The smallest absolute Gasteiger partial charge is 0.193 e. The van der Waals surface area contributed by atoms with Crippen molar-refractivity contribution in [2.75, 3.05) is 54.4 Å². The number of nitrogens with one attached hydrogen (secondary N) is 1. The van der Waals surface area contributed by atoms with E-state index in [-0.39, 0.29) is 24.0 Å². The summed E-state index contributed by atoms with van der Waals surface area (Å²) in [6.45, 7) is 4.88. The summed E-state index contributed by atoms with van der Waals surface area (Å²) in [5.41, 5.74) is 1.10. The highest BCUT2D eigenvalue weighted by atomic mass is 127. The minimum atomic E-state index is 0. The van der Waals surface area contributed by atoms with Crippen LogP contribution >= 0.6 is 47.2 Å². The topological polar surface area (TPSA) is 34.1 Å². The number of likely N-dealkylation sites (N-methyl/N-ethyl adjacent to an activating group) is 2. The molecule has 1 aromatic carbocycles. The average molecular weight is 500 g/mol. The largest absolute Gasteiger partial charge is 0.355 e. The SMILES string of the molecule is CN=C(NCC1CN(C)CCN1C)N(C)Cc1ccc(Cl)c(Cl)c1.I. The van der Waals surface area contributed by atoms with Crippen LogP contribution in [0.3, 0.4) is 0 Å². The molecule has 1 heterocycles. The van der Waals surface area contributed by atoms with Gasteiger partial charge in [0.25, 0.3) is 0 Å².